The van der Waals surface area contributed by atoms with E-state index in [1.54, 1.807) is 13.0 Å². The van der Waals surface area contributed by atoms with E-state index in [4.69, 9.17) is 10.5 Å². The number of hydrogen-bond acceptors (Lipinski definition) is 2. The number of rotatable bonds is 0. The number of nitrogens with zero attached hydrogens (tertiary/aromatic N) is 2. The Bertz CT molecular complexity index is 193. The molecule has 2 nitrogen and oxygen atoms in total. The van der Waals surface area contributed by atoms with Crippen LogP contribution in [0.2, 0.25) is 0 Å². The van der Waals surface area contributed by atoms with E-state index >= 15 is 0 Å². The summed E-state index contributed by atoms with van der Waals surface area (Å²) in [6.07, 6.45) is 0. The van der Waals surface area contributed by atoms with Crippen LogP contribution in [-0.4, -0.2) is 0 Å². The van der Waals surface area contributed by atoms with Crippen LogP contribution in [0.4, 0.5) is 0 Å². The summed E-state index contributed by atoms with van der Waals surface area (Å²) < 4.78 is 0. The fourth-order valence-electron chi connectivity index (χ4n) is 0.173. The van der Waals surface area contributed by atoms with E-state index < -0.39 is 0 Å². The second-order valence-electron chi connectivity index (χ2n) is 1.23. The van der Waals surface area contributed by atoms with Gasteiger partial charge < -0.3 is 0 Å². The van der Waals surface area contributed by atoms with Crippen molar-refractivity contribution < 1.29 is 0 Å². The first kappa shape index (κ1) is 6.54. The van der Waals surface area contributed by atoms with Gasteiger partial charge in [0.05, 0.1) is 6.07 Å². The van der Waals surface area contributed by atoms with E-state index in [0.29, 0.717) is 0 Å². The molecule has 38 valence electrons. The standard InChI is InChI=1S/C6H4N2/c1-6(5-8)3-2-4-7/h6H,1H3. The molecule has 0 fully saturated rings. The van der Waals surface area contributed by atoms with E-state index in [9.17, 15) is 0 Å². The van der Waals surface area contributed by atoms with Crippen LogP contribution in [0.3, 0.4) is 0 Å². The molecule has 0 saturated heterocycles. The molecule has 2 heteroatoms. The van der Waals surface area contributed by atoms with E-state index in [-0.39, 0.29) is 5.92 Å². The van der Waals surface area contributed by atoms with Gasteiger partial charge in [0.2, 0.25) is 0 Å². The lowest BCUT2D eigenvalue weighted by Gasteiger charge is -1.78. The molecule has 0 N–H and O–H groups in total. The van der Waals surface area contributed by atoms with Gasteiger partial charge in [-0.05, 0) is 6.92 Å². The van der Waals surface area contributed by atoms with Crippen molar-refractivity contribution in [2.75, 3.05) is 0 Å². The van der Waals surface area contributed by atoms with Gasteiger partial charge >= 0.3 is 0 Å². The fraction of sp³-hybridized carbons (Fsp3) is 0.333. The SMILES string of the molecule is CC(C#N)C#CC#N. The summed E-state index contributed by atoms with van der Waals surface area (Å²) in [4.78, 5) is 0. The monoisotopic (exact) mass is 104 g/mol. The molecule has 0 aromatic heterocycles. The van der Waals surface area contributed by atoms with Crippen molar-refractivity contribution in [2.45, 2.75) is 6.92 Å². The van der Waals surface area contributed by atoms with Gasteiger partial charge in [-0.25, -0.2) is 0 Å². The lowest BCUT2D eigenvalue weighted by Crippen LogP contribution is -1.79. The van der Waals surface area contributed by atoms with Crippen molar-refractivity contribution in [3.05, 3.63) is 0 Å². The van der Waals surface area contributed by atoms with Gasteiger partial charge in [-0.15, -0.1) is 0 Å². The highest BCUT2D eigenvalue weighted by atomic mass is 14.2. The minimum Gasteiger partial charge on any atom is -0.197 e. The average molecular weight is 104 g/mol. The summed E-state index contributed by atoms with van der Waals surface area (Å²) in [5.41, 5.74) is 0. The number of hydrogen-bond donors (Lipinski definition) is 0. The van der Waals surface area contributed by atoms with Crippen molar-refractivity contribution >= 4 is 0 Å². The molecule has 0 spiro atoms. The highest BCUT2D eigenvalue weighted by molar-refractivity contribution is 5.20. The summed E-state index contributed by atoms with van der Waals surface area (Å²) in [5.74, 6) is 4.22. The van der Waals surface area contributed by atoms with E-state index in [1.807, 2.05) is 6.07 Å². The van der Waals surface area contributed by atoms with Crippen LogP contribution in [0.1, 0.15) is 6.92 Å². The third-order valence-electron chi connectivity index (χ3n) is 0.538. The third-order valence-corrected chi connectivity index (χ3v) is 0.538. The van der Waals surface area contributed by atoms with Gasteiger partial charge in [0.25, 0.3) is 0 Å². The molecule has 0 aliphatic heterocycles. The summed E-state index contributed by atoms with van der Waals surface area (Å²) in [6.45, 7) is 1.64. The Balaban J connectivity index is 3.79. The Morgan fingerprint density at radius 2 is 2.00 bits per heavy atom. The summed E-state index contributed by atoms with van der Waals surface area (Å²) >= 11 is 0. The molecule has 0 saturated carbocycles. The van der Waals surface area contributed by atoms with Crippen molar-refractivity contribution in [1.29, 1.82) is 10.5 Å². The normalized spacial score (nSPS) is 9.38. The Morgan fingerprint density at radius 1 is 1.38 bits per heavy atom. The van der Waals surface area contributed by atoms with Crippen LogP contribution in [0.25, 0.3) is 0 Å². The van der Waals surface area contributed by atoms with Crippen LogP contribution in [-0.2, 0) is 0 Å². The Morgan fingerprint density at radius 3 is 2.38 bits per heavy atom. The molecule has 0 heterocycles. The van der Waals surface area contributed by atoms with Gasteiger partial charge in [0.15, 0.2) is 6.07 Å². The predicted octanol–water partition coefficient (Wildman–Crippen LogP) is 0.673. The molecule has 1 unspecified atom stereocenters. The Labute approximate surface area is 48.3 Å². The topological polar surface area (TPSA) is 47.6 Å². The van der Waals surface area contributed by atoms with Gasteiger partial charge in [-0.3, -0.25) is 0 Å². The maximum absolute atomic E-state index is 8.10. The molecule has 0 aliphatic carbocycles. The smallest absolute Gasteiger partial charge is 0.152 e. The van der Waals surface area contributed by atoms with Gasteiger partial charge in [-0.2, -0.15) is 10.5 Å². The van der Waals surface area contributed by atoms with E-state index in [2.05, 4.69) is 11.8 Å². The molecule has 0 aromatic rings. The molecule has 0 aromatic carbocycles. The Hall–Kier alpha value is -1.46. The lowest BCUT2D eigenvalue weighted by molar-refractivity contribution is 0.997. The summed E-state index contributed by atoms with van der Waals surface area (Å²) in [6, 6.07) is 3.50. The first-order valence-electron chi connectivity index (χ1n) is 2.10. The molecule has 0 radical (unpaired) electrons. The largest absolute Gasteiger partial charge is 0.197 e. The lowest BCUT2D eigenvalue weighted by atomic mass is 10.2. The van der Waals surface area contributed by atoms with E-state index in [1.165, 1.54) is 0 Å². The molecule has 0 bridgehead atoms. The van der Waals surface area contributed by atoms with Crippen LogP contribution >= 0.6 is 0 Å². The zero-order valence-electron chi connectivity index (χ0n) is 4.47. The minimum atomic E-state index is -0.324. The van der Waals surface area contributed by atoms with Crippen molar-refractivity contribution in [1.82, 2.24) is 0 Å². The minimum absolute atomic E-state index is 0.324. The first-order chi connectivity index (χ1) is 3.81. The zero-order chi connectivity index (χ0) is 6.41. The molecular formula is C6H4N2. The maximum atomic E-state index is 8.10. The quantitative estimate of drug-likeness (QED) is 0.424. The predicted molar refractivity (Wildman–Crippen MR) is 28.2 cm³/mol. The van der Waals surface area contributed by atoms with Crippen LogP contribution in [0, 0.1) is 40.4 Å². The molecule has 0 rings (SSSR count). The fourth-order valence-corrected chi connectivity index (χ4v) is 0.173. The molecule has 8 heavy (non-hydrogen) atoms. The Kier molecular flexibility index (Phi) is 3.04. The molecule has 0 amide bonds. The van der Waals surface area contributed by atoms with Crippen molar-refractivity contribution in [3.8, 4) is 24.0 Å². The molecule has 0 aliphatic rings. The van der Waals surface area contributed by atoms with Gasteiger partial charge in [0.1, 0.15) is 5.92 Å². The van der Waals surface area contributed by atoms with E-state index in [0.717, 1.165) is 0 Å². The summed E-state index contributed by atoms with van der Waals surface area (Å²) in [7, 11) is 0. The highest BCUT2D eigenvalue weighted by Crippen LogP contribution is 1.84. The highest BCUT2D eigenvalue weighted by Gasteiger charge is 1.86. The molecule has 1 atom stereocenters. The maximum Gasteiger partial charge on any atom is 0.152 e. The zero-order valence-corrected chi connectivity index (χ0v) is 4.47. The van der Waals surface area contributed by atoms with Crippen LogP contribution < -0.4 is 0 Å². The second kappa shape index (κ2) is 3.72. The van der Waals surface area contributed by atoms with Crippen molar-refractivity contribution in [3.63, 3.8) is 0 Å². The summed E-state index contributed by atoms with van der Waals surface area (Å²) in [5, 5.41) is 16.0. The van der Waals surface area contributed by atoms with Crippen LogP contribution in [0.5, 0.6) is 0 Å². The van der Waals surface area contributed by atoms with Crippen molar-refractivity contribution in [2.24, 2.45) is 5.92 Å². The van der Waals surface area contributed by atoms with Gasteiger partial charge in [-0.1, -0.05) is 5.92 Å². The number of nitriles is 2. The molecular weight excluding hydrogens is 100 g/mol. The first-order valence-corrected chi connectivity index (χ1v) is 2.10. The third kappa shape index (κ3) is 2.76. The average Bonchev–Trinajstić information content (AvgIpc) is 1.83. The second-order valence-corrected chi connectivity index (χ2v) is 1.23. The van der Waals surface area contributed by atoms with Crippen LogP contribution in [0.15, 0.2) is 0 Å². The van der Waals surface area contributed by atoms with Gasteiger partial charge in [0, 0.05) is 5.92 Å².